The fourth-order valence-electron chi connectivity index (χ4n) is 5.61. The molecule has 0 unspecified atom stereocenters. The lowest BCUT2D eigenvalue weighted by Crippen LogP contribution is -2.65. The van der Waals surface area contributed by atoms with Gasteiger partial charge >= 0.3 is 0 Å². The average molecular weight is 415 g/mol. The zero-order chi connectivity index (χ0) is 21.8. The first-order valence-corrected chi connectivity index (χ1v) is 10.7. The number of Topliss-reactive ketones (excluding diaryl/α,β-unsaturated/α-hetero) is 1. The highest BCUT2D eigenvalue weighted by Gasteiger charge is 2.70. The predicted molar refractivity (Wildman–Crippen MR) is 120 cm³/mol. The zero-order valence-corrected chi connectivity index (χ0v) is 17.5. The summed E-state index contributed by atoms with van der Waals surface area (Å²) in [4.78, 5) is 13.3. The molecule has 158 valence electrons. The number of carbonyl (C=O) groups excluding carboxylic acids is 1. The van der Waals surface area contributed by atoms with E-state index in [0.29, 0.717) is 29.9 Å². The highest BCUT2D eigenvalue weighted by Crippen LogP contribution is 2.60. The molecular weight excluding hydrogens is 388 g/mol. The molecular formula is C27H26O4. The number of ketones is 1. The van der Waals surface area contributed by atoms with Crippen LogP contribution in [0.1, 0.15) is 35.1 Å². The van der Waals surface area contributed by atoms with E-state index < -0.39 is 23.2 Å². The van der Waals surface area contributed by atoms with Crippen molar-refractivity contribution in [3.05, 3.63) is 96.6 Å². The van der Waals surface area contributed by atoms with Crippen molar-refractivity contribution in [3.8, 4) is 11.5 Å². The van der Waals surface area contributed by atoms with E-state index in [9.17, 15) is 9.90 Å². The van der Waals surface area contributed by atoms with Gasteiger partial charge in [-0.05, 0) is 42.5 Å². The van der Waals surface area contributed by atoms with Gasteiger partial charge in [0.2, 0.25) is 0 Å². The molecule has 0 aromatic heterocycles. The van der Waals surface area contributed by atoms with Crippen molar-refractivity contribution >= 4 is 5.78 Å². The van der Waals surface area contributed by atoms with E-state index in [-0.39, 0.29) is 12.2 Å². The first kappa shape index (κ1) is 19.8. The van der Waals surface area contributed by atoms with Gasteiger partial charge in [-0.1, -0.05) is 42.5 Å². The molecule has 4 atom stereocenters. The summed E-state index contributed by atoms with van der Waals surface area (Å²) in [6.07, 6.45) is 6.30. The number of fused-ring (bicyclic) bond motifs is 2. The van der Waals surface area contributed by atoms with Gasteiger partial charge in [0.1, 0.15) is 17.6 Å². The Balaban J connectivity index is 1.75. The lowest BCUT2D eigenvalue weighted by atomic mass is 9.58. The number of hydrogen-bond donors (Lipinski definition) is 1. The first-order chi connectivity index (χ1) is 15.0. The molecule has 2 aromatic carbocycles. The summed E-state index contributed by atoms with van der Waals surface area (Å²) >= 11 is 0. The van der Waals surface area contributed by atoms with Crippen LogP contribution in [0.5, 0.6) is 11.5 Å². The van der Waals surface area contributed by atoms with Crippen LogP contribution in [0.2, 0.25) is 0 Å². The lowest BCUT2D eigenvalue weighted by molar-refractivity contribution is -0.168. The fraction of sp³-hybridized carbons (Fsp3) is 0.296. The van der Waals surface area contributed by atoms with Crippen LogP contribution in [0, 0.1) is 0 Å². The van der Waals surface area contributed by atoms with Crippen LogP contribution in [0.15, 0.2) is 74.4 Å². The van der Waals surface area contributed by atoms with E-state index >= 15 is 0 Å². The molecule has 1 aliphatic carbocycles. The van der Waals surface area contributed by atoms with Crippen LogP contribution in [0.3, 0.4) is 0 Å². The Morgan fingerprint density at radius 1 is 0.935 bits per heavy atom. The Labute approximate surface area is 182 Å². The summed E-state index contributed by atoms with van der Waals surface area (Å²) in [6.45, 7) is 11.6. The van der Waals surface area contributed by atoms with E-state index in [2.05, 4.69) is 25.8 Å². The van der Waals surface area contributed by atoms with Gasteiger partial charge in [-0.15, -0.1) is 19.7 Å². The Hall–Kier alpha value is -3.11. The molecule has 3 aliphatic heterocycles. The minimum Gasteiger partial charge on any atom is -0.488 e. The van der Waals surface area contributed by atoms with Crippen LogP contribution in [-0.4, -0.2) is 23.1 Å². The van der Waals surface area contributed by atoms with Crippen LogP contribution < -0.4 is 9.47 Å². The zero-order valence-electron chi connectivity index (χ0n) is 17.5. The number of aliphatic hydroxyl groups is 1. The summed E-state index contributed by atoms with van der Waals surface area (Å²) < 4.78 is 12.9. The highest BCUT2D eigenvalue weighted by atomic mass is 16.5. The van der Waals surface area contributed by atoms with Crippen molar-refractivity contribution in [1.82, 2.24) is 0 Å². The molecule has 4 heteroatoms. The van der Waals surface area contributed by atoms with Gasteiger partial charge in [0.15, 0.2) is 17.5 Å². The molecule has 4 nitrogen and oxygen atoms in total. The Morgan fingerprint density at radius 2 is 1.65 bits per heavy atom. The third kappa shape index (κ3) is 2.55. The minimum absolute atomic E-state index is 0.112. The minimum atomic E-state index is -1.80. The summed E-state index contributed by atoms with van der Waals surface area (Å²) in [5.41, 5.74) is 1.05. The molecule has 0 spiro atoms. The second kappa shape index (κ2) is 6.96. The predicted octanol–water partition coefficient (Wildman–Crippen LogP) is 4.34. The maximum absolute atomic E-state index is 13.3. The smallest absolute Gasteiger partial charge is 0.189 e. The molecule has 3 heterocycles. The number of carbonyl (C=O) groups is 1. The average Bonchev–Trinajstić information content (AvgIpc) is 2.99. The van der Waals surface area contributed by atoms with Crippen molar-refractivity contribution in [1.29, 1.82) is 0 Å². The molecule has 1 saturated carbocycles. The lowest BCUT2D eigenvalue weighted by Gasteiger charge is -2.47. The molecule has 31 heavy (non-hydrogen) atoms. The van der Waals surface area contributed by atoms with Gasteiger partial charge < -0.3 is 14.6 Å². The second-order valence-electron chi connectivity index (χ2n) is 8.68. The van der Waals surface area contributed by atoms with Crippen molar-refractivity contribution in [3.63, 3.8) is 0 Å². The maximum Gasteiger partial charge on any atom is 0.189 e. The van der Waals surface area contributed by atoms with Gasteiger partial charge in [-0.3, -0.25) is 4.79 Å². The van der Waals surface area contributed by atoms with Crippen LogP contribution >= 0.6 is 0 Å². The quantitative estimate of drug-likeness (QED) is 0.715. The molecule has 2 bridgehead atoms. The topological polar surface area (TPSA) is 55.8 Å². The highest BCUT2D eigenvalue weighted by molar-refractivity contribution is 5.93. The number of allylic oxidation sites excluding steroid dienone is 3. The largest absolute Gasteiger partial charge is 0.488 e. The summed E-state index contributed by atoms with van der Waals surface area (Å²) in [7, 11) is 0. The van der Waals surface area contributed by atoms with Gasteiger partial charge in [0.05, 0.1) is 5.41 Å². The number of rotatable bonds is 6. The van der Waals surface area contributed by atoms with Crippen LogP contribution in [-0.2, 0) is 28.7 Å². The van der Waals surface area contributed by atoms with Crippen LogP contribution in [0.25, 0.3) is 0 Å². The number of hydrogen-bond acceptors (Lipinski definition) is 4. The van der Waals surface area contributed by atoms with Crippen molar-refractivity contribution < 1.29 is 19.4 Å². The molecule has 6 rings (SSSR count). The first-order valence-electron chi connectivity index (χ1n) is 10.7. The van der Waals surface area contributed by atoms with E-state index in [1.54, 1.807) is 6.07 Å². The SMILES string of the molecule is C=CCc1ccc2c(c1)O[C@@H]1CC(=O)[C@@]2(O)[C@@H]2Oc3ccc(CC=C)cc3[C@@]21CC=C. The van der Waals surface area contributed by atoms with Crippen molar-refractivity contribution in [2.75, 3.05) is 0 Å². The second-order valence-corrected chi connectivity index (χ2v) is 8.68. The summed E-state index contributed by atoms with van der Waals surface area (Å²) in [5.74, 6) is 0.965. The summed E-state index contributed by atoms with van der Waals surface area (Å²) in [6, 6.07) is 11.6. The van der Waals surface area contributed by atoms with Gasteiger partial charge in [-0.2, -0.15) is 0 Å². The molecule has 1 N–H and O–H groups in total. The molecule has 0 radical (unpaired) electrons. The summed E-state index contributed by atoms with van der Waals surface area (Å²) in [5, 5.41) is 12.0. The van der Waals surface area contributed by atoms with Crippen molar-refractivity contribution in [2.24, 2.45) is 0 Å². The Morgan fingerprint density at radius 3 is 2.35 bits per heavy atom. The van der Waals surface area contributed by atoms with E-state index in [4.69, 9.17) is 9.47 Å². The maximum atomic E-state index is 13.3. The normalized spacial score (nSPS) is 29.6. The van der Waals surface area contributed by atoms with Crippen molar-refractivity contribution in [2.45, 2.75) is 48.9 Å². The van der Waals surface area contributed by atoms with Gasteiger partial charge in [0, 0.05) is 17.5 Å². The van der Waals surface area contributed by atoms with E-state index in [1.807, 2.05) is 42.5 Å². The third-order valence-electron chi connectivity index (χ3n) is 6.98. The van der Waals surface area contributed by atoms with Gasteiger partial charge in [-0.25, -0.2) is 0 Å². The van der Waals surface area contributed by atoms with Crippen LogP contribution in [0.4, 0.5) is 0 Å². The molecule has 1 fully saturated rings. The molecule has 2 aromatic rings. The number of ether oxygens (including phenoxy) is 2. The third-order valence-corrected chi connectivity index (χ3v) is 6.98. The van der Waals surface area contributed by atoms with E-state index in [1.165, 1.54) is 0 Å². The monoisotopic (exact) mass is 414 g/mol. The fourth-order valence-corrected chi connectivity index (χ4v) is 5.61. The van der Waals surface area contributed by atoms with E-state index in [0.717, 1.165) is 23.1 Å². The Kier molecular flexibility index (Phi) is 4.45. The molecule has 0 saturated heterocycles. The molecule has 4 aliphatic rings. The Bertz CT molecular complexity index is 1120. The molecule has 0 amide bonds. The number of benzene rings is 2. The van der Waals surface area contributed by atoms with Gasteiger partial charge in [0.25, 0.3) is 0 Å². The standard InChI is InChI=1S/C27H26O4/c1-4-7-17-10-12-21-20(14-17)26(13-6-3)24-16-23(28)27(29,25(26)31-21)19-11-9-18(8-5-2)15-22(19)30-24/h4-6,9-12,14-15,24-25,29H,1-3,7-8,13,16H2/t24-,25-,26-,27-/m1/s1.